The fraction of sp³-hybridized carbons (Fsp3) is 0.333. The maximum Gasteiger partial charge on any atom is 0.254 e. The van der Waals surface area contributed by atoms with E-state index in [4.69, 9.17) is 5.73 Å². The zero-order valence-electron chi connectivity index (χ0n) is 10.3. The number of nitrogens with one attached hydrogen (secondary N) is 2. The van der Waals surface area contributed by atoms with Gasteiger partial charge in [0.25, 0.3) is 5.91 Å². The first-order valence-corrected chi connectivity index (χ1v) is 5.50. The van der Waals surface area contributed by atoms with Crippen LogP contribution >= 0.6 is 0 Å². The van der Waals surface area contributed by atoms with Gasteiger partial charge in [0.1, 0.15) is 5.82 Å². The molecule has 0 fully saturated rings. The molecule has 0 spiro atoms. The zero-order chi connectivity index (χ0) is 13.7. The van der Waals surface area contributed by atoms with Gasteiger partial charge in [0, 0.05) is 25.7 Å². The van der Waals surface area contributed by atoms with Gasteiger partial charge in [0.05, 0.1) is 5.56 Å². The topological polar surface area (TPSA) is 84.2 Å². The van der Waals surface area contributed by atoms with Gasteiger partial charge in [-0.2, -0.15) is 0 Å². The molecule has 18 heavy (non-hydrogen) atoms. The molecule has 0 bridgehead atoms. The van der Waals surface area contributed by atoms with E-state index in [-0.39, 0.29) is 24.4 Å². The Balaban J connectivity index is 2.70. The number of hydrogen-bond donors (Lipinski definition) is 3. The van der Waals surface area contributed by atoms with Crippen molar-refractivity contribution >= 4 is 17.5 Å². The van der Waals surface area contributed by atoms with Crippen molar-refractivity contribution in [1.82, 2.24) is 10.6 Å². The molecule has 0 aliphatic heterocycles. The van der Waals surface area contributed by atoms with Crippen molar-refractivity contribution in [3.8, 4) is 0 Å². The fourth-order valence-corrected chi connectivity index (χ4v) is 1.47. The van der Waals surface area contributed by atoms with E-state index >= 15 is 0 Å². The third kappa shape index (κ3) is 3.44. The molecule has 98 valence electrons. The summed E-state index contributed by atoms with van der Waals surface area (Å²) in [5, 5.41) is 4.89. The van der Waals surface area contributed by atoms with E-state index in [1.54, 1.807) is 0 Å². The van der Waals surface area contributed by atoms with E-state index in [0.29, 0.717) is 11.3 Å². The summed E-state index contributed by atoms with van der Waals surface area (Å²) in [4.78, 5) is 22.6. The maximum atomic E-state index is 13.7. The summed E-state index contributed by atoms with van der Waals surface area (Å²) in [5.74, 6) is -1.37. The van der Waals surface area contributed by atoms with Crippen molar-refractivity contribution in [2.45, 2.75) is 13.3 Å². The molecule has 1 aromatic carbocycles. The Morgan fingerprint density at radius 3 is 2.67 bits per heavy atom. The van der Waals surface area contributed by atoms with Gasteiger partial charge in [0.2, 0.25) is 5.91 Å². The number of carbonyl (C=O) groups excluding carboxylic acids is 2. The lowest BCUT2D eigenvalue weighted by atomic mass is 10.1. The third-order valence-corrected chi connectivity index (χ3v) is 2.44. The van der Waals surface area contributed by atoms with E-state index in [0.717, 1.165) is 0 Å². The summed E-state index contributed by atoms with van der Waals surface area (Å²) in [6.45, 7) is 1.68. The molecule has 5 nitrogen and oxygen atoms in total. The molecule has 6 heteroatoms. The van der Waals surface area contributed by atoms with Crippen LogP contribution in [0.5, 0.6) is 0 Å². The molecule has 0 heterocycles. The van der Waals surface area contributed by atoms with Crippen LogP contribution in [0.2, 0.25) is 0 Å². The summed E-state index contributed by atoms with van der Waals surface area (Å²) in [7, 11) is 1.51. The predicted octanol–water partition coefficient (Wildman–Crippen LogP) is 0.582. The molecule has 0 aliphatic rings. The molecule has 0 aromatic heterocycles. The standard InChI is InChI=1S/C12H16FN3O2/c1-7-5-8(14)6-9(11(7)13)12(18)16-4-3-10(17)15-2/h5-6H,3-4,14H2,1-2H3,(H,15,17)(H,16,18). The molecular formula is C12H16FN3O2. The van der Waals surface area contributed by atoms with Crippen molar-refractivity contribution in [1.29, 1.82) is 0 Å². The van der Waals surface area contributed by atoms with Crippen LogP contribution in [0.15, 0.2) is 12.1 Å². The summed E-state index contributed by atoms with van der Waals surface area (Å²) >= 11 is 0. The van der Waals surface area contributed by atoms with Crippen LogP contribution in [0.1, 0.15) is 22.3 Å². The number of hydrogen-bond acceptors (Lipinski definition) is 3. The van der Waals surface area contributed by atoms with E-state index < -0.39 is 11.7 Å². The van der Waals surface area contributed by atoms with Crippen molar-refractivity contribution in [3.05, 3.63) is 29.1 Å². The molecule has 0 radical (unpaired) electrons. The second-order valence-electron chi connectivity index (χ2n) is 3.88. The van der Waals surface area contributed by atoms with Gasteiger partial charge in [-0.3, -0.25) is 9.59 Å². The van der Waals surface area contributed by atoms with Crippen molar-refractivity contribution in [2.75, 3.05) is 19.3 Å². The molecule has 2 amide bonds. The lowest BCUT2D eigenvalue weighted by molar-refractivity contribution is -0.120. The predicted molar refractivity (Wildman–Crippen MR) is 66.6 cm³/mol. The Morgan fingerprint density at radius 1 is 1.39 bits per heavy atom. The van der Waals surface area contributed by atoms with Crippen molar-refractivity contribution < 1.29 is 14.0 Å². The largest absolute Gasteiger partial charge is 0.399 e. The molecular weight excluding hydrogens is 237 g/mol. The highest BCUT2D eigenvalue weighted by atomic mass is 19.1. The number of amides is 2. The van der Waals surface area contributed by atoms with Crippen LogP contribution in [-0.4, -0.2) is 25.4 Å². The number of carbonyl (C=O) groups is 2. The average molecular weight is 253 g/mol. The molecule has 0 unspecified atom stereocenters. The number of anilines is 1. The highest BCUT2D eigenvalue weighted by Crippen LogP contribution is 2.16. The number of benzene rings is 1. The summed E-state index contributed by atoms with van der Waals surface area (Å²) in [6.07, 6.45) is 0.144. The van der Waals surface area contributed by atoms with Crippen LogP contribution in [0, 0.1) is 12.7 Å². The molecule has 0 aliphatic carbocycles. The fourth-order valence-electron chi connectivity index (χ4n) is 1.47. The molecule has 1 rings (SSSR count). The quantitative estimate of drug-likeness (QED) is 0.686. The number of aryl methyl sites for hydroxylation is 1. The summed E-state index contributed by atoms with van der Waals surface area (Å²) in [5.41, 5.74) is 6.08. The first-order valence-electron chi connectivity index (χ1n) is 5.50. The van der Waals surface area contributed by atoms with Crippen LogP contribution in [0.25, 0.3) is 0 Å². The van der Waals surface area contributed by atoms with Crippen LogP contribution in [-0.2, 0) is 4.79 Å². The van der Waals surface area contributed by atoms with Crippen LogP contribution in [0.3, 0.4) is 0 Å². The number of nitrogen functional groups attached to an aromatic ring is 1. The monoisotopic (exact) mass is 253 g/mol. The summed E-state index contributed by atoms with van der Waals surface area (Å²) in [6, 6.07) is 2.73. The van der Waals surface area contributed by atoms with Gasteiger partial charge in [-0.15, -0.1) is 0 Å². The highest BCUT2D eigenvalue weighted by Gasteiger charge is 2.14. The van der Waals surface area contributed by atoms with E-state index in [2.05, 4.69) is 10.6 Å². The third-order valence-electron chi connectivity index (χ3n) is 2.44. The number of rotatable bonds is 4. The van der Waals surface area contributed by atoms with Crippen LogP contribution in [0.4, 0.5) is 10.1 Å². The summed E-state index contributed by atoms with van der Waals surface area (Å²) < 4.78 is 13.7. The van der Waals surface area contributed by atoms with Gasteiger partial charge in [-0.25, -0.2) is 4.39 Å². The molecule has 4 N–H and O–H groups in total. The first kappa shape index (κ1) is 14.0. The average Bonchev–Trinajstić information content (AvgIpc) is 2.33. The smallest absolute Gasteiger partial charge is 0.254 e. The van der Waals surface area contributed by atoms with Gasteiger partial charge in [-0.1, -0.05) is 0 Å². The minimum Gasteiger partial charge on any atom is -0.399 e. The second kappa shape index (κ2) is 6.00. The van der Waals surface area contributed by atoms with Crippen molar-refractivity contribution in [3.63, 3.8) is 0 Å². The zero-order valence-corrected chi connectivity index (χ0v) is 10.3. The first-order chi connectivity index (χ1) is 8.45. The van der Waals surface area contributed by atoms with Gasteiger partial charge in [-0.05, 0) is 24.6 Å². The van der Waals surface area contributed by atoms with E-state index in [1.807, 2.05) is 0 Å². The Bertz CT molecular complexity index is 475. The van der Waals surface area contributed by atoms with Gasteiger partial charge in [0.15, 0.2) is 0 Å². The SMILES string of the molecule is CNC(=O)CCNC(=O)c1cc(N)cc(C)c1F. The normalized spacial score (nSPS) is 9.94. The number of nitrogens with two attached hydrogens (primary N) is 1. The van der Waals surface area contributed by atoms with Gasteiger partial charge < -0.3 is 16.4 Å². The Kier molecular flexibility index (Phi) is 4.65. The minimum absolute atomic E-state index is 0.107. The minimum atomic E-state index is -0.596. The Hall–Kier alpha value is -2.11. The maximum absolute atomic E-state index is 13.7. The second-order valence-corrected chi connectivity index (χ2v) is 3.88. The highest BCUT2D eigenvalue weighted by molar-refractivity contribution is 5.95. The number of halogens is 1. The van der Waals surface area contributed by atoms with E-state index in [1.165, 1.54) is 26.1 Å². The van der Waals surface area contributed by atoms with Crippen LogP contribution < -0.4 is 16.4 Å². The van der Waals surface area contributed by atoms with Gasteiger partial charge >= 0.3 is 0 Å². The molecule has 0 saturated heterocycles. The lowest BCUT2D eigenvalue weighted by Crippen LogP contribution is -2.29. The molecule has 0 atom stereocenters. The van der Waals surface area contributed by atoms with E-state index in [9.17, 15) is 14.0 Å². The Labute approximate surface area is 105 Å². The Morgan fingerprint density at radius 2 is 2.06 bits per heavy atom. The van der Waals surface area contributed by atoms with Crippen molar-refractivity contribution in [2.24, 2.45) is 0 Å². The molecule has 1 aromatic rings. The lowest BCUT2D eigenvalue weighted by Gasteiger charge is -2.08. The molecule has 0 saturated carbocycles.